The Balaban J connectivity index is 1.89. The molecule has 3 aromatic rings. The molecule has 0 saturated carbocycles. The summed E-state index contributed by atoms with van der Waals surface area (Å²) in [5.41, 5.74) is 3.20. The van der Waals surface area contributed by atoms with Crippen molar-refractivity contribution in [1.82, 2.24) is 14.5 Å². The highest BCUT2D eigenvalue weighted by molar-refractivity contribution is 5.82. The number of carbonyl (C=O) groups excluding carboxylic acids is 1. The number of halogens is 2. The molecule has 172 valence electrons. The predicted molar refractivity (Wildman–Crippen MR) is 121 cm³/mol. The first-order chi connectivity index (χ1) is 15.9. The Labute approximate surface area is 191 Å². The van der Waals surface area contributed by atoms with Gasteiger partial charge in [0.15, 0.2) is 6.29 Å². The third-order valence-electron chi connectivity index (χ3n) is 5.84. The van der Waals surface area contributed by atoms with Gasteiger partial charge in [0.1, 0.15) is 11.6 Å². The van der Waals surface area contributed by atoms with Gasteiger partial charge in [-0.25, -0.2) is 4.98 Å². The van der Waals surface area contributed by atoms with Crippen LogP contribution in [0, 0.1) is 11.8 Å². The molecule has 1 aliphatic heterocycles. The van der Waals surface area contributed by atoms with Crippen LogP contribution >= 0.6 is 0 Å². The molecule has 1 aliphatic rings. The van der Waals surface area contributed by atoms with Crippen molar-refractivity contribution in [2.45, 2.75) is 31.5 Å². The standard InChI is InChI=1S/C25H25F2N3O3/c1-29(2)21-14-20(23-17(15-31)8-6-9-22(23)33-25(26)27)30-19-13-16(7-4-5-12-32-3)10-11-18(19)28-24(21)30/h6,8-11,13,15,20-21,25H,5,12,14H2,1-3H3/t20-,21?/m1/s1. The second-order valence-corrected chi connectivity index (χ2v) is 8.07. The number of imidazole rings is 1. The predicted octanol–water partition coefficient (Wildman–Crippen LogP) is 4.43. The first-order valence-electron chi connectivity index (χ1n) is 10.6. The molecule has 0 spiro atoms. The summed E-state index contributed by atoms with van der Waals surface area (Å²) in [6.45, 7) is -2.44. The van der Waals surface area contributed by atoms with Crippen LogP contribution < -0.4 is 4.74 Å². The molecule has 0 saturated heterocycles. The van der Waals surface area contributed by atoms with Crippen molar-refractivity contribution in [3.05, 3.63) is 58.9 Å². The molecule has 6 nitrogen and oxygen atoms in total. The largest absolute Gasteiger partial charge is 0.434 e. The molecule has 2 atom stereocenters. The summed E-state index contributed by atoms with van der Waals surface area (Å²) in [4.78, 5) is 18.8. The molecule has 8 heteroatoms. The number of methoxy groups -OCH3 is 1. The number of hydrogen-bond donors (Lipinski definition) is 0. The molecule has 0 aliphatic carbocycles. The van der Waals surface area contributed by atoms with E-state index < -0.39 is 12.7 Å². The monoisotopic (exact) mass is 453 g/mol. The Kier molecular flexibility index (Phi) is 6.72. The molecule has 0 radical (unpaired) electrons. The van der Waals surface area contributed by atoms with Gasteiger partial charge in [0.05, 0.1) is 29.7 Å². The van der Waals surface area contributed by atoms with E-state index in [4.69, 9.17) is 14.5 Å². The minimum Gasteiger partial charge on any atom is -0.434 e. The Hall–Kier alpha value is -3.28. The number of ether oxygens (including phenoxy) is 2. The van der Waals surface area contributed by atoms with Gasteiger partial charge in [0.2, 0.25) is 0 Å². The Morgan fingerprint density at radius 2 is 2.12 bits per heavy atom. The first-order valence-corrected chi connectivity index (χ1v) is 10.6. The van der Waals surface area contributed by atoms with Crippen LogP contribution in [0.15, 0.2) is 36.4 Å². The lowest BCUT2D eigenvalue weighted by Gasteiger charge is -2.22. The van der Waals surface area contributed by atoms with Gasteiger partial charge in [0, 0.05) is 30.2 Å². The highest BCUT2D eigenvalue weighted by Gasteiger charge is 2.38. The van der Waals surface area contributed by atoms with Crippen LogP contribution in [0.5, 0.6) is 5.75 Å². The van der Waals surface area contributed by atoms with Crippen molar-refractivity contribution in [3.63, 3.8) is 0 Å². The number of hydrogen-bond acceptors (Lipinski definition) is 5. The molecule has 2 heterocycles. The van der Waals surface area contributed by atoms with Gasteiger partial charge in [0.25, 0.3) is 0 Å². The van der Waals surface area contributed by atoms with Gasteiger partial charge in [-0.2, -0.15) is 8.78 Å². The Morgan fingerprint density at radius 1 is 1.30 bits per heavy atom. The minimum absolute atomic E-state index is 0.00215. The van der Waals surface area contributed by atoms with Crippen molar-refractivity contribution >= 4 is 17.3 Å². The van der Waals surface area contributed by atoms with Gasteiger partial charge >= 0.3 is 6.61 Å². The quantitative estimate of drug-likeness (QED) is 0.301. The number of benzene rings is 2. The van der Waals surface area contributed by atoms with Crippen LogP contribution in [0.4, 0.5) is 8.78 Å². The van der Waals surface area contributed by atoms with Crippen LogP contribution in [0.1, 0.15) is 52.2 Å². The summed E-state index contributed by atoms with van der Waals surface area (Å²) in [5.74, 6) is 7.04. The van der Waals surface area contributed by atoms with E-state index in [0.29, 0.717) is 36.9 Å². The minimum atomic E-state index is -3.00. The number of nitrogens with zero attached hydrogens (tertiary/aromatic N) is 3. The fraction of sp³-hybridized carbons (Fsp3) is 0.360. The molecule has 1 aromatic heterocycles. The van der Waals surface area contributed by atoms with E-state index in [-0.39, 0.29) is 11.8 Å². The lowest BCUT2D eigenvalue weighted by Crippen LogP contribution is -2.18. The molecular formula is C25H25F2N3O3. The zero-order valence-corrected chi connectivity index (χ0v) is 18.7. The van der Waals surface area contributed by atoms with Crippen LogP contribution in [0.25, 0.3) is 11.0 Å². The zero-order valence-electron chi connectivity index (χ0n) is 18.7. The van der Waals surface area contributed by atoms with E-state index in [1.165, 1.54) is 6.07 Å². The van der Waals surface area contributed by atoms with E-state index >= 15 is 0 Å². The summed E-state index contributed by atoms with van der Waals surface area (Å²) < 4.78 is 38.3. The molecular weight excluding hydrogens is 428 g/mol. The van der Waals surface area contributed by atoms with Crippen LogP contribution in [0.3, 0.4) is 0 Å². The average molecular weight is 453 g/mol. The summed E-state index contributed by atoms with van der Waals surface area (Å²) in [6, 6.07) is 9.96. The lowest BCUT2D eigenvalue weighted by atomic mass is 9.96. The number of fused-ring (bicyclic) bond motifs is 3. The normalized spacial score (nSPS) is 17.3. The highest BCUT2D eigenvalue weighted by Crippen LogP contribution is 2.46. The van der Waals surface area contributed by atoms with E-state index in [1.807, 2.05) is 41.8 Å². The topological polar surface area (TPSA) is 56.6 Å². The summed E-state index contributed by atoms with van der Waals surface area (Å²) in [5, 5.41) is 0. The van der Waals surface area contributed by atoms with Crippen molar-refractivity contribution in [1.29, 1.82) is 0 Å². The van der Waals surface area contributed by atoms with E-state index in [1.54, 1.807) is 19.2 Å². The maximum absolute atomic E-state index is 13.2. The molecule has 4 rings (SSSR count). The fourth-order valence-corrected chi connectivity index (χ4v) is 4.40. The molecule has 0 fully saturated rings. The molecule has 1 unspecified atom stereocenters. The Bertz CT molecular complexity index is 1230. The van der Waals surface area contributed by atoms with Crippen LogP contribution in [0.2, 0.25) is 0 Å². The van der Waals surface area contributed by atoms with Crippen LogP contribution in [-0.4, -0.2) is 55.2 Å². The molecule has 0 N–H and O–H groups in total. The third kappa shape index (κ3) is 4.47. The number of aldehydes is 1. The number of aromatic nitrogens is 2. The van der Waals surface area contributed by atoms with Gasteiger partial charge in [-0.05, 0) is 44.8 Å². The molecule has 0 amide bonds. The lowest BCUT2D eigenvalue weighted by molar-refractivity contribution is -0.0507. The van der Waals surface area contributed by atoms with E-state index in [2.05, 4.69) is 11.8 Å². The summed E-state index contributed by atoms with van der Waals surface area (Å²) in [6.07, 6.45) is 1.87. The van der Waals surface area contributed by atoms with Gasteiger partial charge < -0.3 is 14.0 Å². The fourth-order valence-electron chi connectivity index (χ4n) is 4.40. The zero-order chi connectivity index (χ0) is 23.5. The number of rotatable bonds is 7. The van der Waals surface area contributed by atoms with Crippen molar-refractivity contribution < 1.29 is 23.0 Å². The second kappa shape index (κ2) is 9.69. The summed E-state index contributed by atoms with van der Waals surface area (Å²) >= 11 is 0. The highest BCUT2D eigenvalue weighted by atomic mass is 19.3. The third-order valence-corrected chi connectivity index (χ3v) is 5.84. The van der Waals surface area contributed by atoms with Crippen molar-refractivity contribution in [3.8, 4) is 17.6 Å². The smallest absolute Gasteiger partial charge is 0.387 e. The SMILES string of the molecule is COCCC#Cc1ccc2nc3n(c2c1)[C@@H](c1c(C=O)cccc1OC(F)F)CC3N(C)C. The summed E-state index contributed by atoms with van der Waals surface area (Å²) in [7, 11) is 5.53. The van der Waals surface area contributed by atoms with Gasteiger partial charge in [-0.1, -0.05) is 24.0 Å². The van der Waals surface area contributed by atoms with Crippen molar-refractivity contribution in [2.24, 2.45) is 0 Å². The first kappa shape index (κ1) is 22.9. The number of carbonyl (C=O) groups is 1. The second-order valence-electron chi connectivity index (χ2n) is 8.07. The van der Waals surface area contributed by atoms with E-state index in [9.17, 15) is 13.6 Å². The molecule has 33 heavy (non-hydrogen) atoms. The maximum Gasteiger partial charge on any atom is 0.387 e. The van der Waals surface area contributed by atoms with Crippen molar-refractivity contribution in [2.75, 3.05) is 27.8 Å². The van der Waals surface area contributed by atoms with Gasteiger partial charge in [-0.15, -0.1) is 0 Å². The molecule has 0 bridgehead atoms. The van der Waals surface area contributed by atoms with Gasteiger partial charge in [-0.3, -0.25) is 9.69 Å². The average Bonchev–Trinajstić information content (AvgIpc) is 3.33. The van der Waals surface area contributed by atoms with Crippen LogP contribution in [-0.2, 0) is 4.74 Å². The number of alkyl halides is 2. The maximum atomic E-state index is 13.2. The Morgan fingerprint density at radius 3 is 2.82 bits per heavy atom. The van der Waals surface area contributed by atoms with E-state index in [0.717, 1.165) is 22.4 Å². The molecule has 2 aromatic carbocycles.